The fraction of sp³-hybridized carbons (Fsp3) is 0.0417. The minimum atomic E-state index is -4.36. The molecule has 0 unspecified atom stereocenters. The fourth-order valence-electron chi connectivity index (χ4n) is 3.84. The van der Waals surface area contributed by atoms with Crippen LogP contribution >= 0.6 is 0 Å². The summed E-state index contributed by atoms with van der Waals surface area (Å²) in [5.41, 5.74) is 5.83. The summed E-state index contributed by atoms with van der Waals surface area (Å²) in [7, 11) is 0. The van der Waals surface area contributed by atoms with Crippen molar-refractivity contribution in [2.75, 3.05) is 0 Å². The molecular weight excluding hydrogens is 373 g/mol. The van der Waals surface area contributed by atoms with E-state index in [1.807, 2.05) is 60.9 Å². The van der Waals surface area contributed by atoms with Crippen LogP contribution in [0.3, 0.4) is 0 Å². The lowest BCUT2D eigenvalue weighted by atomic mass is 9.89. The number of alkyl halides is 3. The van der Waals surface area contributed by atoms with Gasteiger partial charge < -0.3 is 4.98 Å². The van der Waals surface area contributed by atoms with Crippen molar-refractivity contribution in [3.8, 4) is 0 Å². The van der Waals surface area contributed by atoms with Crippen LogP contribution < -0.4 is 4.99 Å². The molecule has 0 bridgehead atoms. The first-order valence-corrected chi connectivity index (χ1v) is 9.20. The lowest BCUT2D eigenvalue weighted by molar-refractivity contribution is -0.342. The van der Waals surface area contributed by atoms with Gasteiger partial charge in [-0.1, -0.05) is 42.5 Å². The molecule has 2 heterocycles. The number of H-pyrrole nitrogens is 1. The molecule has 1 aromatic heterocycles. The Morgan fingerprint density at radius 2 is 1.55 bits per heavy atom. The third-order valence-corrected chi connectivity index (χ3v) is 5.22. The Kier molecular flexibility index (Phi) is 3.91. The summed E-state index contributed by atoms with van der Waals surface area (Å²) < 4.78 is 39.2. The summed E-state index contributed by atoms with van der Waals surface area (Å²) in [5, 5.41) is 1.02. The molecule has 4 aromatic rings. The van der Waals surface area contributed by atoms with Crippen LogP contribution in [0.25, 0.3) is 22.0 Å². The number of halogens is 3. The smallest absolute Gasteiger partial charge is 0.361 e. The maximum Gasteiger partial charge on any atom is 0.416 e. The molecule has 2 N–H and O–H groups in total. The van der Waals surface area contributed by atoms with E-state index in [0.29, 0.717) is 0 Å². The van der Waals surface area contributed by atoms with E-state index in [1.165, 1.54) is 0 Å². The summed E-state index contributed by atoms with van der Waals surface area (Å²) in [6.07, 6.45) is -0.529. The Morgan fingerprint density at radius 3 is 2.34 bits per heavy atom. The van der Waals surface area contributed by atoms with Gasteiger partial charge in [-0.25, -0.2) is 4.99 Å². The van der Waals surface area contributed by atoms with Crippen LogP contribution in [0.2, 0.25) is 0 Å². The Labute approximate surface area is 165 Å². The normalized spacial score (nSPS) is 15.0. The fourth-order valence-corrected chi connectivity index (χ4v) is 3.84. The average molecular weight is 389 g/mol. The van der Waals surface area contributed by atoms with E-state index < -0.39 is 11.7 Å². The number of rotatable bonds is 2. The molecule has 0 saturated carbocycles. The molecule has 0 spiro atoms. The number of hydrogen-bond donors (Lipinski definition) is 2. The van der Waals surface area contributed by atoms with Crippen LogP contribution in [0.15, 0.2) is 79.0 Å². The minimum absolute atomic E-state index is 0.654. The van der Waals surface area contributed by atoms with Gasteiger partial charge in [0.2, 0.25) is 5.69 Å². The molecule has 5 rings (SSSR count). The number of fused-ring (bicyclic) bond motifs is 2. The van der Waals surface area contributed by atoms with Crippen LogP contribution in [0.1, 0.15) is 22.3 Å². The first kappa shape index (κ1) is 17.5. The van der Waals surface area contributed by atoms with E-state index in [4.69, 9.17) is 0 Å². The molecule has 1 aliphatic heterocycles. The molecule has 0 saturated heterocycles. The highest BCUT2D eigenvalue weighted by molar-refractivity contribution is 6.24. The summed E-state index contributed by atoms with van der Waals surface area (Å²) in [6.45, 7) is 0. The zero-order chi connectivity index (χ0) is 20.0. The number of para-hydroxylation sites is 2. The Hall–Kier alpha value is -3.60. The van der Waals surface area contributed by atoms with Crippen molar-refractivity contribution < 1.29 is 18.2 Å². The topological polar surface area (TPSA) is 29.8 Å². The van der Waals surface area contributed by atoms with E-state index in [-0.39, 0.29) is 0 Å². The third-order valence-electron chi connectivity index (χ3n) is 5.22. The SMILES string of the molecule is FC(F)(F)c1ccc(C(=C2C=[NH+]c3ccccc32)c2c[nH]c3ccccc23)cc1. The summed E-state index contributed by atoms with van der Waals surface area (Å²) in [5.74, 6) is 0. The molecule has 0 atom stereocenters. The van der Waals surface area contributed by atoms with Gasteiger partial charge in [0.05, 0.1) is 16.7 Å². The zero-order valence-corrected chi connectivity index (χ0v) is 15.2. The van der Waals surface area contributed by atoms with Gasteiger partial charge in [0.25, 0.3) is 0 Å². The number of hydrogen-bond acceptors (Lipinski definition) is 0. The maximum atomic E-state index is 13.1. The maximum absolute atomic E-state index is 13.1. The van der Waals surface area contributed by atoms with Crippen LogP contribution in [0, 0.1) is 0 Å². The van der Waals surface area contributed by atoms with Crippen LogP contribution in [0.4, 0.5) is 18.9 Å². The number of allylic oxidation sites excluding steroid dienone is 1. The number of benzene rings is 3. The van der Waals surface area contributed by atoms with E-state index in [0.717, 1.165) is 56.6 Å². The van der Waals surface area contributed by atoms with E-state index in [2.05, 4.69) is 9.98 Å². The first-order chi connectivity index (χ1) is 14.0. The van der Waals surface area contributed by atoms with Gasteiger partial charge >= 0.3 is 6.18 Å². The second-order valence-electron chi connectivity index (χ2n) is 6.95. The van der Waals surface area contributed by atoms with Crippen molar-refractivity contribution in [1.29, 1.82) is 0 Å². The van der Waals surface area contributed by atoms with Crippen molar-refractivity contribution in [2.24, 2.45) is 0 Å². The van der Waals surface area contributed by atoms with Gasteiger partial charge in [0.15, 0.2) is 6.21 Å². The average Bonchev–Trinajstić information content (AvgIpc) is 3.34. The highest BCUT2D eigenvalue weighted by Gasteiger charge is 2.31. The lowest BCUT2D eigenvalue weighted by Crippen LogP contribution is -2.58. The minimum Gasteiger partial charge on any atom is -0.361 e. The number of nitrogens with one attached hydrogen (secondary N) is 2. The van der Waals surface area contributed by atoms with Gasteiger partial charge in [-0.05, 0) is 29.8 Å². The summed E-state index contributed by atoms with van der Waals surface area (Å²) in [4.78, 5) is 6.55. The molecule has 1 aliphatic rings. The van der Waals surface area contributed by atoms with Crippen molar-refractivity contribution >= 4 is 34.0 Å². The Bertz CT molecular complexity index is 1280. The molecule has 0 radical (unpaired) electrons. The Morgan fingerprint density at radius 1 is 0.828 bits per heavy atom. The number of aromatic nitrogens is 1. The second-order valence-corrected chi connectivity index (χ2v) is 6.95. The molecule has 2 nitrogen and oxygen atoms in total. The predicted octanol–water partition coefficient (Wildman–Crippen LogP) is 4.94. The van der Waals surface area contributed by atoms with Gasteiger partial charge in [0.1, 0.15) is 0 Å². The molecule has 3 aromatic carbocycles. The van der Waals surface area contributed by atoms with Gasteiger partial charge in [0, 0.05) is 34.3 Å². The molecule has 29 heavy (non-hydrogen) atoms. The summed E-state index contributed by atoms with van der Waals surface area (Å²) >= 11 is 0. The van der Waals surface area contributed by atoms with E-state index in [1.54, 1.807) is 12.1 Å². The molecule has 5 heteroatoms. The summed E-state index contributed by atoms with van der Waals surface area (Å²) in [6, 6.07) is 21.2. The highest BCUT2D eigenvalue weighted by Crippen LogP contribution is 2.38. The van der Waals surface area contributed by atoms with Crippen molar-refractivity contribution in [1.82, 2.24) is 4.98 Å². The van der Waals surface area contributed by atoms with Crippen molar-refractivity contribution in [3.63, 3.8) is 0 Å². The van der Waals surface area contributed by atoms with Crippen LogP contribution in [0.5, 0.6) is 0 Å². The monoisotopic (exact) mass is 389 g/mol. The Balaban J connectivity index is 1.78. The number of aromatic amines is 1. The largest absolute Gasteiger partial charge is 0.416 e. The van der Waals surface area contributed by atoms with Crippen LogP contribution in [-0.4, -0.2) is 11.2 Å². The van der Waals surface area contributed by atoms with E-state index in [9.17, 15) is 13.2 Å². The lowest BCUT2D eigenvalue weighted by Gasteiger charge is -2.12. The third kappa shape index (κ3) is 2.95. The molecule has 142 valence electrons. The molecular formula is C24H16F3N2+. The van der Waals surface area contributed by atoms with E-state index >= 15 is 0 Å². The van der Waals surface area contributed by atoms with Gasteiger partial charge in [-0.15, -0.1) is 0 Å². The second kappa shape index (κ2) is 6.48. The zero-order valence-electron chi connectivity index (χ0n) is 15.2. The highest BCUT2D eigenvalue weighted by atomic mass is 19.4. The van der Waals surface area contributed by atoms with Crippen molar-refractivity contribution in [3.05, 3.63) is 101 Å². The molecule has 0 amide bonds. The van der Waals surface area contributed by atoms with Gasteiger partial charge in [-0.3, -0.25) is 0 Å². The van der Waals surface area contributed by atoms with Gasteiger partial charge in [-0.2, -0.15) is 13.2 Å². The quantitative estimate of drug-likeness (QED) is 0.486. The first-order valence-electron chi connectivity index (χ1n) is 9.20. The molecule has 0 fully saturated rings. The predicted molar refractivity (Wildman–Crippen MR) is 109 cm³/mol. The molecule has 0 aliphatic carbocycles. The standard InChI is InChI=1S/C24H15F3N2/c25-24(26,27)16-11-9-15(10-12-16)23(19-13-28-21-7-3-1-5-17(19)21)20-14-29-22-8-4-2-6-18(20)22/h1-14,28H/p+1. The van der Waals surface area contributed by atoms with Crippen LogP contribution in [-0.2, 0) is 6.18 Å². The van der Waals surface area contributed by atoms with Crippen molar-refractivity contribution in [2.45, 2.75) is 6.18 Å².